The predicted octanol–water partition coefficient (Wildman–Crippen LogP) is 2.79. The summed E-state index contributed by atoms with van der Waals surface area (Å²) in [7, 11) is 0. The summed E-state index contributed by atoms with van der Waals surface area (Å²) in [6.45, 7) is 1.69. The summed E-state index contributed by atoms with van der Waals surface area (Å²) in [4.78, 5) is 0. The smallest absolute Gasteiger partial charge is 0.0391 e. The van der Waals surface area contributed by atoms with Crippen molar-refractivity contribution in [2.24, 2.45) is 0 Å². The number of halogens is 2. The first-order valence-corrected chi connectivity index (χ1v) is 6.18. The lowest BCUT2D eigenvalue weighted by atomic mass is 12.0. The van der Waals surface area contributed by atoms with E-state index in [2.05, 4.69) is 12.2 Å². The molecule has 32 valence electrons. The van der Waals surface area contributed by atoms with E-state index in [0.29, 0.717) is 0 Å². The Hall–Kier alpha value is 1.36. The predicted molar refractivity (Wildman–Crippen MR) is 33.5 cm³/mol. The monoisotopic (exact) mass is 149 g/mol. The van der Waals surface area contributed by atoms with E-state index in [1.165, 1.54) is 0 Å². The lowest BCUT2D eigenvalue weighted by molar-refractivity contribution is 2.48. The van der Waals surface area contributed by atoms with Gasteiger partial charge in [-0.25, -0.2) is 0 Å². The van der Waals surface area contributed by atoms with Crippen molar-refractivity contribution in [2.45, 2.75) is 0 Å². The van der Waals surface area contributed by atoms with Gasteiger partial charge >= 0.3 is 0 Å². The molecule has 0 aliphatic carbocycles. The molecule has 0 atom stereocenters. The van der Waals surface area contributed by atoms with Crippen molar-refractivity contribution in [1.29, 1.82) is 0 Å². The first kappa shape index (κ1) is 6.36. The molecule has 0 amide bonds. The van der Waals surface area contributed by atoms with Crippen LogP contribution in [0.1, 0.15) is 0 Å². The molecule has 0 unspecified atom stereocenters. The Morgan fingerprint density at radius 1 is 1.60 bits per heavy atom. The van der Waals surface area contributed by atoms with E-state index in [1.807, 2.05) is 0 Å². The third-order valence-electron chi connectivity index (χ3n) is 0. The van der Waals surface area contributed by atoms with Crippen molar-refractivity contribution in [2.75, 3.05) is 6.66 Å². The van der Waals surface area contributed by atoms with Gasteiger partial charge in [0.1, 0.15) is 22.5 Å². The molecule has 0 nitrogen and oxygen atoms in total. The summed E-state index contributed by atoms with van der Waals surface area (Å²) in [6, 6.07) is 0. The van der Waals surface area contributed by atoms with Gasteiger partial charge in [-0.1, -0.05) is 0 Å². The van der Waals surface area contributed by atoms with Crippen LogP contribution in [-0.4, -0.2) is 6.66 Å². The van der Waals surface area contributed by atoms with Gasteiger partial charge in [-0.2, -0.15) is 0 Å². The molecule has 0 aromatic heterocycles. The summed E-state index contributed by atoms with van der Waals surface area (Å²) >= 11 is 14.3. The number of thiol groups is 1. The van der Waals surface area contributed by atoms with Crippen LogP contribution in [0.15, 0.2) is 0 Å². The number of hydrogen-bond acceptors (Lipinski definition) is 1. The Morgan fingerprint density at radius 3 is 1.60 bits per heavy atom. The van der Waals surface area contributed by atoms with Crippen molar-refractivity contribution in [1.82, 2.24) is 0 Å². The molecule has 0 N–H and O–H groups in total. The van der Waals surface area contributed by atoms with Gasteiger partial charge < -0.3 is 0 Å². The largest absolute Gasteiger partial charge is 0.263 e. The van der Waals surface area contributed by atoms with E-state index in [1.54, 1.807) is 6.66 Å². The topological polar surface area (TPSA) is 0 Å². The molecular formula is CH4Cl2PS+. The second kappa shape index (κ2) is 1.88. The maximum atomic E-state index is 5.27. The molecule has 4 heteroatoms. The number of rotatable bonds is 0. The standard InChI is InChI=1S/CH4Cl2PS/c1-4(2,3)5/h5H,1H3/q+1. The third-order valence-corrected chi connectivity index (χ3v) is 0. The third kappa shape index (κ3) is 32.7. The molecule has 0 aliphatic heterocycles. The van der Waals surface area contributed by atoms with Crippen LogP contribution in [0, 0.1) is 0 Å². The highest BCUT2D eigenvalue weighted by atomic mass is 35.9. The fourth-order valence-electron chi connectivity index (χ4n) is 0. The highest BCUT2D eigenvalue weighted by Crippen LogP contribution is 2.69. The van der Waals surface area contributed by atoms with E-state index in [-0.39, 0.29) is 0 Å². The van der Waals surface area contributed by atoms with Crippen molar-refractivity contribution >= 4 is 39.9 Å². The van der Waals surface area contributed by atoms with Gasteiger partial charge in [-0.15, -0.1) is 0 Å². The van der Waals surface area contributed by atoms with Gasteiger partial charge in [0.25, 0.3) is 5.17 Å². The zero-order valence-corrected chi connectivity index (χ0v) is 5.95. The summed E-state index contributed by atoms with van der Waals surface area (Å²) in [5, 5.41) is -1.75. The van der Waals surface area contributed by atoms with Gasteiger partial charge in [0.15, 0.2) is 0 Å². The Labute approximate surface area is 46.9 Å². The Bertz CT molecular complexity index is 25.1. The molecule has 0 bridgehead atoms. The van der Waals surface area contributed by atoms with E-state index < -0.39 is 5.17 Å². The highest BCUT2D eigenvalue weighted by Gasteiger charge is 2.18. The quantitative estimate of drug-likeness (QED) is 0.398. The van der Waals surface area contributed by atoms with E-state index in [4.69, 9.17) is 22.5 Å². The molecule has 0 aromatic rings. The molecule has 0 fully saturated rings. The van der Waals surface area contributed by atoms with Crippen LogP contribution in [-0.2, 0) is 0 Å². The minimum absolute atomic E-state index is 1.69. The molecule has 0 aliphatic rings. The van der Waals surface area contributed by atoms with E-state index in [0.717, 1.165) is 0 Å². The Kier molecular flexibility index (Phi) is 2.39. The minimum Gasteiger partial charge on any atom is 0.0391 e. The van der Waals surface area contributed by atoms with Gasteiger partial charge in [-0.3, -0.25) is 0 Å². The molecule has 0 saturated heterocycles. The van der Waals surface area contributed by atoms with Crippen molar-refractivity contribution < 1.29 is 0 Å². The second-order valence-corrected chi connectivity index (χ2v) is 10.6. The summed E-state index contributed by atoms with van der Waals surface area (Å²) in [6.07, 6.45) is 0. The van der Waals surface area contributed by atoms with Gasteiger partial charge in [0, 0.05) is 12.2 Å². The first-order chi connectivity index (χ1) is 2.00. The van der Waals surface area contributed by atoms with Crippen molar-refractivity contribution in [3.05, 3.63) is 0 Å². The van der Waals surface area contributed by atoms with Crippen molar-refractivity contribution in [3.63, 3.8) is 0 Å². The minimum atomic E-state index is -1.75. The lowest BCUT2D eigenvalue weighted by Crippen LogP contribution is -1.41. The average Bonchev–Trinajstić information content (AvgIpc) is 0.722. The highest BCUT2D eigenvalue weighted by molar-refractivity contribution is 8.70. The molecule has 0 radical (unpaired) electrons. The zero-order chi connectivity index (χ0) is 4.50. The van der Waals surface area contributed by atoms with Crippen LogP contribution in [0.2, 0.25) is 0 Å². The fraction of sp³-hybridized carbons (Fsp3) is 1.00. The van der Waals surface area contributed by atoms with Crippen LogP contribution < -0.4 is 0 Å². The van der Waals surface area contributed by atoms with E-state index >= 15 is 0 Å². The molecule has 0 heterocycles. The lowest BCUT2D eigenvalue weighted by Gasteiger charge is -1.82. The normalized spacial score (nSPS) is 12.0. The Morgan fingerprint density at radius 2 is 1.60 bits per heavy atom. The van der Waals surface area contributed by atoms with Gasteiger partial charge in [-0.05, 0) is 0 Å². The molecule has 0 rings (SSSR count). The van der Waals surface area contributed by atoms with Crippen LogP contribution >= 0.6 is 39.9 Å². The maximum Gasteiger partial charge on any atom is 0.263 e. The van der Waals surface area contributed by atoms with Crippen LogP contribution in [0.25, 0.3) is 0 Å². The SMILES string of the molecule is C[P+](S)(Cl)Cl. The van der Waals surface area contributed by atoms with E-state index in [9.17, 15) is 0 Å². The Balaban J connectivity index is 3.02. The summed E-state index contributed by atoms with van der Waals surface area (Å²) < 4.78 is 0. The second-order valence-electron chi connectivity index (χ2n) is 0.753. The van der Waals surface area contributed by atoms with Crippen LogP contribution in [0.5, 0.6) is 0 Å². The molecular weight excluding hydrogens is 146 g/mol. The number of hydrogen-bond donors (Lipinski definition) is 1. The zero-order valence-electron chi connectivity index (χ0n) is 2.65. The van der Waals surface area contributed by atoms with Crippen LogP contribution in [0.3, 0.4) is 0 Å². The summed E-state index contributed by atoms with van der Waals surface area (Å²) in [5.41, 5.74) is 0. The molecule has 0 saturated carbocycles. The van der Waals surface area contributed by atoms with Crippen LogP contribution in [0.4, 0.5) is 0 Å². The van der Waals surface area contributed by atoms with Gasteiger partial charge in [0.2, 0.25) is 0 Å². The van der Waals surface area contributed by atoms with Gasteiger partial charge in [0.05, 0.1) is 6.66 Å². The summed E-state index contributed by atoms with van der Waals surface area (Å²) in [5.74, 6) is 0. The molecule has 5 heavy (non-hydrogen) atoms. The first-order valence-electron chi connectivity index (χ1n) is 0.985. The maximum absolute atomic E-state index is 5.27. The van der Waals surface area contributed by atoms with Crippen molar-refractivity contribution in [3.8, 4) is 0 Å². The molecule has 0 spiro atoms. The average molecular weight is 150 g/mol. The molecule has 0 aromatic carbocycles. The fourth-order valence-corrected chi connectivity index (χ4v) is 0.